The molecule has 0 bridgehead atoms. The van der Waals surface area contributed by atoms with Gasteiger partial charge in [0.25, 0.3) is 0 Å². The van der Waals surface area contributed by atoms with Crippen LogP contribution in [0, 0.1) is 5.92 Å². The van der Waals surface area contributed by atoms with Crippen molar-refractivity contribution in [3.05, 3.63) is 30.3 Å². The van der Waals surface area contributed by atoms with E-state index in [0.717, 1.165) is 6.42 Å². The van der Waals surface area contributed by atoms with Crippen molar-refractivity contribution in [2.45, 2.75) is 26.3 Å². The number of para-hydroxylation sites is 1. The summed E-state index contributed by atoms with van der Waals surface area (Å²) in [5.41, 5.74) is 0. The standard InChI is InChI=1S/C14H19NO4/c1-4-10(2)12(13(16)18-3)15-14(17)19-11-8-6-5-7-9-11/h5-10,12H,4H2,1-3H3,(H,15,17)/t10-,12+/m0/s1. The van der Waals surface area contributed by atoms with Gasteiger partial charge in [0.05, 0.1) is 7.11 Å². The Balaban J connectivity index is 2.64. The van der Waals surface area contributed by atoms with Crippen LogP contribution in [0.2, 0.25) is 0 Å². The Kier molecular flexibility index (Phi) is 5.85. The van der Waals surface area contributed by atoms with Crippen molar-refractivity contribution in [2.24, 2.45) is 5.92 Å². The molecule has 0 saturated carbocycles. The van der Waals surface area contributed by atoms with Crippen molar-refractivity contribution in [1.82, 2.24) is 5.32 Å². The molecule has 0 unspecified atom stereocenters. The molecule has 0 aliphatic carbocycles. The number of methoxy groups -OCH3 is 1. The van der Waals surface area contributed by atoms with Gasteiger partial charge in [-0.05, 0) is 18.1 Å². The fraction of sp³-hybridized carbons (Fsp3) is 0.429. The molecule has 0 aliphatic rings. The van der Waals surface area contributed by atoms with Crippen LogP contribution in [0.5, 0.6) is 5.75 Å². The summed E-state index contributed by atoms with van der Waals surface area (Å²) in [6.07, 6.45) is 0.0765. The highest BCUT2D eigenvalue weighted by molar-refractivity contribution is 5.82. The van der Waals surface area contributed by atoms with Gasteiger partial charge in [0.1, 0.15) is 11.8 Å². The van der Waals surface area contributed by atoms with Gasteiger partial charge in [-0.1, -0.05) is 38.5 Å². The zero-order valence-corrected chi connectivity index (χ0v) is 11.4. The van der Waals surface area contributed by atoms with Crippen LogP contribution in [0.1, 0.15) is 20.3 Å². The summed E-state index contributed by atoms with van der Waals surface area (Å²) in [7, 11) is 1.29. The summed E-state index contributed by atoms with van der Waals surface area (Å²) in [6, 6.07) is 7.96. The van der Waals surface area contributed by atoms with Gasteiger partial charge in [0, 0.05) is 0 Å². The fourth-order valence-corrected chi connectivity index (χ4v) is 1.55. The van der Waals surface area contributed by atoms with Gasteiger partial charge in [-0.15, -0.1) is 0 Å². The third-order valence-electron chi connectivity index (χ3n) is 2.90. The first-order valence-corrected chi connectivity index (χ1v) is 6.19. The summed E-state index contributed by atoms with van der Waals surface area (Å²) >= 11 is 0. The van der Waals surface area contributed by atoms with E-state index in [4.69, 9.17) is 4.74 Å². The molecular formula is C14H19NO4. The maximum absolute atomic E-state index is 11.7. The molecule has 0 radical (unpaired) electrons. The van der Waals surface area contributed by atoms with E-state index in [0.29, 0.717) is 5.75 Å². The van der Waals surface area contributed by atoms with Gasteiger partial charge in [0.15, 0.2) is 0 Å². The average molecular weight is 265 g/mol. The zero-order valence-electron chi connectivity index (χ0n) is 11.4. The SMILES string of the molecule is CC[C@H](C)[C@@H](NC(=O)Oc1ccccc1)C(=O)OC. The van der Waals surface area contributed by atoms with Crippen LogP contribution in [0.25, 0.3) is 0 Å². The van der Waals surface area contributed by atoms with Crippen molar-refractivity contribution in [2.75, 3.05) is 7.11 Å². The van der Waals surface area contributed by atoms with Crippen LogP contribution in [-0.4, -0.2) is 25.2 Å². The smallest absolute Gasteiger partial charge is 0.413 e. The molecule has 0 saturated heterocycles. The Labute approximate surface area is 112 Å². The first kappa shape index (κ1) is 15.0. The van der Waals surface area contributed by atoms with Gasteiger partial charge in [0.2, 0.25) is 0 Å². The molecule has 0 aromatic heterocycles. The van der Waals surface area contributed by atoms with Crippen LogP contribution in [0.3, 0.4) is 0 Å². The third kappa shape index (κ3) is 4.62. The summed E-state index contributed by atoms with van der Waals surface area (Å²) in [5.74, 6) is -0.0806. The molecule has 0 spiro atoms. The lowest BCUT2D eigenvalue weighted by Crippen LogP contribution is -2.46. The molecular weight excluding hydrogens is 246 g/mol. The monoisotopic (exact) mass is 265 g/mol. The molecule has 0 fully saturated rings. The lowest BCUT2D eigenvalue weighted by Gasteiger charge is -2.21. The highest BCUT2D eigenvalue weighted by atomic mass is 16.6. The number of carbonyl (C=O) groups is 2. The van der Waals surface area contributed by atoms with Crippen molar-refractivity contribution >= 4 is 12.1 Å². The van der Waals surface area contributed by atoms with Crippen molar-refractivity contribution < 1.29 is 19.1 Å². The van der Waals surface area contributed by atoms with Crippen molar-refractivity contribution in [3.8, 4) is 5.75 Å². The summed E-state index contributed by atoms with van der Waals surface area (Å²) in [4.78, 5) is 23.3. The summed E-state index contributed by atoms with van der Waals surface area (Å²) in [5, 5.41) is 2.53. The number of ether oxygens (including phenoxy) is 2. The Hall–Kier alpha value is -2.04. The molecule has 0 aliphatic heterocycles. The zero-order chi connectivity index (χ0) is 14.3. The van der Waals surface area contributed by atoms with E-state index in [1.807, 2.05) is 19.9 Å². The van der Waals surface area contributed by atoms with E-state index in [1.165, 1.54) is 7.11 Å². The third-order valence-corrected chi connectivity index (χ3v) is 2.90. The molecule has 5 nitrogen and oxygen atoms in total. The number of rotatable bonds is 5. The highest BCUT2D eigenvalue weighted by Crippen LogP contribution is 2.11. The summed E-state index contributed by atoms with van der Waals surface area (Å²) in [6.45, 7) is 3.80. The molecule has 1 aromatic carbocycles. The Bertz CT molecular complexity index is 419. The number of hydrogen-bond acceptors (Lipinski definition) is 4. The maximum atomic E-state index is 11.7. The second kappa shape index (κ2) is 7.41. The van der Waals surface area contributed by atoms with E-state index < -0.39 is 18.1 Å². The van der Waals surface area contributed by atoms with Crippen LogP contribution in [0.15, 0.2) is 30.3 Å². The normalized spacial score (nSPS) is 13.2. The molecule has 0 heterocycles. The number of carbonyl (C=O) groups excluding carboxylic acids is 2. The van der Waals surface area contributed by atoms with E-state index in [1.54, 1.807) is 24.3 Å². The number of hydrogen-bond donors (Lipinski definition) is 1. The second-order valence-corrected chi connectivity index (χ2v) is 4.23. The second-order valence-electron chi connectivity index (χ2n) is 4.23. The Morgan fingerprint density at radius 1 is 1.26 bits per heavy atom. The molecule has 1 N–H and O–H groups in total. The molecule has 2 atom stereocenters. The predicted octanol–water partition coefficient (Wildman–Crippen LogP) is 2.36. The highest BCUT2D eigenvalue weighted by Gasteiger charge is 2.27. The summed E-state index contributed by atoms with van der Waals surface area (Å²) < 4.78 is 9.75. The Morgan fingerprint density at radius 3 is 2.42 bits per heavy atom. The van der Waals surface area contributed by atoms with E-state index in [2.05, 4.69) is 10.1 Å². The minimum absolute atomic E-state index is 0.0317. The van der Waals surface area contributed by atoms with Gasteiger partial charge < -0.3 is 14.8 Å². The van der Waals surface area contributed by atoms with E-state index in [9.17, 15) is 9.59 Å². The van der Waals surface area contributed by atoms with Crippen LogP contribution < -0.4 is 10.1 Å². The average Bonchev–Trinajstić information content (AvgIpc) is 2.44. The van der Waals surface area contributed by atoms with Gasteiger partial charge in [-0.2, -0.15) is 0 Å². The quantitative estimate of drug-likeness (QED) is 0.830. The van der Waals surface area contributed by atoms with Gasteiger partial charge >= 0.3 is 12.1 Å². The van der Waals surface area contributed by atoms with E-state index >= 15 is 0 Å². The van der Waals surface area contributed by atoms with Crippen molar-refractivity contribution in [3.63, 3.8) is 0 Å². The first-order valence-electron chi connectivity index (χ1n) is 6.19. The molecule has 104 valence electrons. The lowest BCUT2D eigenvalue weighted by molar-refractivity contribution is -0.144. The van der Waals surface area contributed by atoms with Gasteiger partial charge in [-0.25, -0.2) is 9.59 Å². The lowest BCUT2D eigenvalue weighted by atomic mass is 9.99. The largest absolute Gasteiger partial charge is 0.467 e. The van der Waals surface area contributed by atoms with Crippen LogP contribution in [0.4, 0.5) is 4.79 Å². The molecule has 1 amide bonds. The van der Waals surface area contributed by atoms with Crippen LogP contribution >= 0.6 is 0 Å². The number of nitrogens with one attached hydrogen (secondary N) is 1. The number of esters is 1. The molecule has 1 aromatic rings. The number of benzene rings is 1. The molecule has 5 heteroatoms. The molecule has 19 heavy (non-hydrogen) atoms. The van der Waals surface area contributed by atoms with Crippen LogP contribution in [-0.2, 0) is 9.53 Å². The molecule has 1 rings (SSSR count). The first-order chi connectivity index (χ1) is 9.08. The number of amides is 1. The fourth-order valence-electron chi connectivity index (χ4n) is 1.55. The minimum atomic E-state index is -0.703. The Morgan fingerprint density at radius 2 is 1.89 bits per heavy atom. The minimum Gasteiger partial charge on any atom is -0.467 e. The maximum Gasteiger partial charge on any atom is 0.413 e. The van der Waals surface area contributed by atoms with E-state index in [-0.39, 0.29) is 5.92 Å². The topological polar surface area (TPSA) is 64.6 Å². The van der Waals surface area contributed by atoms with Crippen molar-refractivity contribution in [1.29, 1.82) is 0 Å². The predicted molar refractivity (Wildman–Crippen MR) is 70.9 cm³/mol. The van der Waals surface area contributed by atoms with Gasteiger partial charge in [-0.3, -0.25) is 0 Å².